The van der Waals surface area contributed by atoms with Gasteiger partial charge >= 0.3 is 0 Å². The third-order valence-electron chi connectivity index (χ3n) is 4.30. The lowest BCUT2D eigenvalue weighted by molar-refractivity contribution is 0.0302. The molecule has 0 unspecified atom stereocenters. The van der Waals surface area contributed by atoms with Crippen LogP contribution in [0.5, 0.6) is 0 Å². The molecule has 2 fully saturated rings. The van der Waals surface area contributed by atoms with Crippen molar-refractivity contribution in [3.8, 4) is 5.69 Å². The Kier molecular flexibility index (Phi) is 3.42. The maximum Gasteiger partial charge on any atom is 0.257 e. The molecule has 0 spiro atoms. The van der Waals surface area contributed by atoms with Crippen molar-refractivity contribution in [1.29, 1.82) is 0 Å². The summed E-state index contributed by atoms with van der Waals surface area (Å²) in [5.74, 6) is 0.551. The Morgan fingerprint density at radius 1 is 1.14 bits per heavy atom. The van der Waals surface area contributed by atoms with Crippen LogP contribution < -0.4 is 0 Å². The molecule has 1 saturated heterocycles. The highest BCUT2D eigenvalue weighted by Gasteiger charge is 2.34. The minimum Gasteiger partial charge on any atom is -0.378 e. The SMILES string of the molecule is O=C(c1cnn(-c2ccccc2)c1C1CC1)N1CCOCC1. The number of para-hydroxylation sites is 1. The number of amides is 1. The Bertz CT molecular complexity index is 670. The monoisotopic (exact) mass is 297 g/mol. The lowest BCUT2D eigenvalue weighted by Gasteiger charge is -2.26. The van der Waals surface area contributed by atoms with Gasteiger partial charge in [-0.25, -0.2) is 4.68 Å². The quantitative estimate of drug-likeness (QED) is 0.873. The number of nitrogens with zero attached hydrogens (tertiary/aromatic N) is 3. The van der Waals surface area contributed by atoms with Gasteiger partial charge in [0.05, 0.1) is 36.4 Å². The summed E-state index contributed by atoms with van der Waals surface area (Å²) >= 11 is 0. The lowest BCUT2D eigenvalue weighted by atomic mass is 10.1. The van der Waals surface area contributed by atoms with E-state index in [2.05, 4.69) is 5.10 Å². The molecular formula is C17H19N3O2. The maximum absolute atomic E-state index is 12.8. The topological polar surface area (TPSA) is 47.4 Å². The van der Waals surface area contributed by atoms with Crippen LogP contribution in [0.15, 0.2) is 36.5 Å². The normalized spacial score (nSPS) is 18.5. The molecule has 1 aliphatic heterocycles. The summed E-state index contributed by atoms with van der Waals surface area (Å²) in [5, 5.41) is 4.50. The molecule has 1 aromatic heterocycles. The maximum atomic E-state index is 12.8. The van der Waals surface area contributed by atoms with Gasteiger partial charge in [0, 0.05) is 19.0 Å². The molecule has 1 aliphatic carbocycles. The number of morpholine rings is 1. The molecule has 114 valence electrons. The van der Waals surface area contributed by atoms with Crippen molar-refractivity contribution in [2.45, 2.75) is 18.8 Å². The highest BCUT2D eigenvalue weighted by atomic mass is 16.5. The van der Waals surface area contributed by atoms with Gasteiger partial charge in [-0.05, 0) is 25.0 Å². The fourth-order valence-electron chi connectivity index (χ4n) is 2.98. The predicted octanol–water partition coefficient (Wildman–Crippen LogP) is 2.22. The number of carbonyl (C=O) groups excluding carboxylic acids is 1. The predicted molar refractivity (Wildman–Crippen MR) is 82.3 cm³/mol. The first-order valence-electron chi connectivity index (χ1n) is 7.85. The van der Waals surface area contributed by atoms with Crippen LogP contribution in [0.1, 0.15) is 34.8 Å². The first-order valence-corrected chi connectivity index (χ1v) is 7.85. The fraction of sp³-hybridized carbons (Fsp3) is 0.412. The van der Waals surface area contributed by atoms with Crippen molar-refractivity contribution < 1.29 is 9.53 Å². The van der Waals surface area contributed by atoms with E-state index < -0.39 is 0 Å². The molecular weight excluding hydrogens is 278 g/mol. The number of ether oxygens (including phenoxy) is 1. The molecule has 0 radical (unpaired) electrons. The van der Waals surface area contributed by atoms with Crippen LogP contribution in [-0.2, 0) is 4.74 Å². The van der Waals surface area contributed by atoms with Gasteiger partial charge in [-0.1, -0.05) is 18.2 Å². The number of benzene rings is 1. The summed E-state index contributed by atoms with van der Waals surface area (Å²) in [4.78, 5) is 14.7. The molecule has 5 nitrogen and oxygen atoms in total. The van der Waals surface area contributed by atoms with Crippen molar-refractivity contribution in [3.63, 3.8) is 0 Å². The van der Waals surface area contributed by atoms with Crippen LogP contribution in [0, 0.1) is 0 Å². The Labute approximate surface area is 129 Å². The summed E-state index contributed by atoms with van der Waals surface area (Å²) < 4.78 is 7.27. The second kappa shape index (κ2) is 5.57. The van der Waals surface area contributed by atoms with Gasteiger partial charge in [0.2, 0.25) is 0 Å². The number of hydrogen-bond donors (Lipinski definition) is 0. The fourth-order valence-corrected chi connectivity index (χ4v) is 2.98. The number of hydrogen-bond acceptors (Lipinski definition) is 3. The van der Waals surface area contributed by atoms with E-state index in [0.717, 1.165) is 29.8 Å². The van der Waals surface area contributed by atoms with Gasteiger partial charge in [0.25, 0.3) is 5.91 Å². The average Bonchev–Trinajstić information content (AvgIpc) is 3.34. The zero-order valence-electron chi connectivity index (χ0n) is 12.4. The Morgan fingerprint density at radius 2 is 1.86 bits per heavy atom. The molecule has 22 heavy (non-hydrogen) atoms. The van der Waals surface area contributed by atoms with Crippen LogP contribution in [0.25, 0.3) is 5.69 Å². The minimum absolute atomic E-state index is 0.0902. The van der Waals surface area contributed by atoms with Gasteiger partial charge < -0.3 is 9.64 Å². The van der Waals surface area contributed by atoms with E-state index >= 15 is 0 Å². The van der Waals surface area contributed by atoms with Crippen LogP contribution in [0.4, 0.5) is 0 Å². The van der Waals surface area contributed by atoms with E-state index in [1.165, 1.54) is 0 Å². The molecule has 2 aliphatic rings. The molecule has 1 saturated carbocycles. The molecule has 0 N–H and O–H groups in total. The number of carbonyl (C=O) groups is 1. The van der Waals surface area contributed by atoms with E-state index in [9.17, 15) is 4.79 Å². The highest BCUT2D eigenvalue weighted by Crippen LogP contribution is 2.42. The van der Waals surface area contributed by atoms with Crippen LogP contribution in [0.3, 0.4) is 0 Å². The molecule has 2 aromatic rings. The third kappa shape index (κ3) is 2.41. The average molecular weight is 297 g/mol. The smallest absolute Gasteiger partial charge is 0.257 e. The standard InChI is InChI=1S/C17H19N3O2/c21-17(19-8-10-22-11-9-19)15-12-18-20(16(15)13-6-7-13)14-4-2-1-3-5-14/h1-5,12-13H,6-11H2. The molecule has 4 rings (SSSR count). The minimum atomic E-state index is 0.0902. The highest BCUT2D eigenvalue weighted by molar-refractivity contribution is 5.95. The van der Waals surface area contributed by atoms with Crippen molar-refractivity contribution >= 4 is 5.91 Å². The van der Waals surface area contributed by atoms with E-state index in [-0.39, 0.29) is 5.91 Å². The first-order chi connectivity index (χ1) is 10.8. The molecule has 0 bridgehead atoms. The molecule has 1 aromatic carbocycles. The second-order valence-corrected chi connectivity index (χ2v) is 5.87. The first kappa shape index (κ1) is 13.5. The van der Waals surface area contributed by atoms with Crippen LogP contribution in [-0.4, -0.2) is 46.9 Å². The van der Waals surface area contributed by atoms with Crippen molar-refractivity contribution in [2.75, 3.05) is 26.3 Å². The summed E-state index contributed by atoms with van der Waals surface area (Å²) in [6.07, 6.45) is 4.02. The van der Waals surface area contributed by atoms with Crippen molar-refractivity contribution in [3.05, 3.63) is 47.8 Å². The third-order valence-corrected chi connectivity index (χ3v) is 4.30. The van der Waals surface area contributed by atoms with E-state index in [4.69, 9.17) is 4.74 Å². The summed E-state index contributed by atoms with van der Waals surface area (Å²) in [5.41, 5.74) is 2.85. The van der Waals surface area contributed by atoms with Gasteiger partial charge in [-0.15, -0.1) is 0 Å². The zero-order valence-corrected chi connectivity index (χ0v) is 12.4. The van der Waals surface area contributed by atoms with Gasteiger partial charge in [-0.2, -0.15) is 5.10 Å². The summed E-state index contributed by atoms with van der Waals surface area (Å²) in [7, 11) is 0. The van der Waals surface area contributed by atoms with Gasteiger partial charge in [0.1, 0.15) is 0 Å². The van der Waals surface area contributed by atoms with E-state index in [0.29, 0.717) is 32.2 Å². The van der Waals surface area contributed by atoms with Gasteiger partial charge in [0.15, 0.2) is 0 Å². The van der Waals surface area contributed by atoms with Crippen molar-refractivity contribution in [2.24, 2.45) is 0 Å². The Hall–Kier alpha value is -2.14. The van der Waals surface area contributed by atoms with Crippen LogP contribution in [0.2, 0.25) is 0 Å². The lowest BCUT2D eigenvalue weighted by Crippen LogP contribution is -2.40. The zero-order chi connectivity index (χ0) is 14.9. The number of aromatic nitrogens is 2. The second-order valence-electron chi connectivity index (χ2n) is 5.87. The van der Waals surface area contributed by atoms with E-state index in [1.54, 1.807) is 6.20 Å². The van der Waals surface area contributed by atoms with Crippen LogP contribution >= 0.6 is 0 Å². The Balaban J connectivity index is 1.71. The molecule has 2 heterocycles. The molecule has 5 heteroatoms. The molecule has 1 amide bonds. The Morgan fingerprint density at radius 3 is 2.55 bits per heavy atom. The van der Waals surface area contributed by atoms with Crippen molar-refractivity contribution in [1.82, 2.24) is 14.7 Å². The molecule has 0 atom stereocenters. The summed E-state index contributed by atoms with van der Waals surface area (Å²) in [6, 6.07) is 10.0. The number of rotatable bonds is 3. The summed E-state index contributed by atoms with van der Waals surface area (Å²) in [6.45, 7) is 2.58. The van der Waals surface area contributed by atoms with Gasteiger partial charge in [-0.3, -0.25) is 4.79 Å². The largest absolute Gasteiger partial charge is 0.378 e. The van der Waals surface area contributed by atoms with E-state index in [1.807, 2.05) is 39.9 Å².